The molecule has 1 N–H and O–H groups in total. The Morgan fingerprint density at radius 2 is 1.69 bits per heavy atom. The largest absolute Gasteiger partial charge is 0.465 e. The zero-order chi connectivity index (χ0) is 26.3. The molecule has 3 fully saturated rings. The van der Waals surface area contributed by atoms with E-state index >= 15 is 0 Å². The van der Waals surface area contributed by atoms with Crippen LogP contribution in [0.3, 0.4) is 0 Å². The minimum absolute atomic E-state index is 0.0242. The molecule has 1 unspecified atom stereocenters. The van der Waals surface area contributed by atoms with Crippen LogP contribution in [0.1, 0.15) is 56.5 Å². The molecule has 0 radical (unpaired) electrons. The summed E-state index contributed by atoms with van der Waals surface area (Å²) in [6.45, 7) is 2.76. The molecule has 36 heavy (non-hydrogen) atoms. The molecule has 0 aliphatic carbocycles. The lowest BCUT2D eigenvalue weighted by Crippen LogP contribution is -2.58. The summed E-state index contributed by atoms with van der Waals surface area (Å²) in [6.07, 6.45) is -10.2. The van der Waals surface area contributed by atoms with Gasteiger partial charge in [-0.05, 0) is 56.6 Å². The minimum atomic E-state index is -5.49. The Morgan fingerprint density at radius 3 is 2.22 bits per heavy atom. The van der Waals surface area contributed by atoms with Gasteiger partial charge >= 0.3 is 18.4 Å². The van der Waals surface area contributed by atoms with E-state index in [9.17, 15) is 36.2 Å². The summed E-state index contributed by atoms with van der Waals surface area (Å²) in [5.41, 5.74) is 0.0606. The summed E-state index contributed by atoms with van der Waals surface area (Å²) >= 11 is 0. The molecule has 1 aromatic heterocycles. The Labute approximate surface area is 205 Å². The second kappa shape index (κ2) is 10.0. The summed E-state index contributed by atoms with van der Waals surface area (Å²) in [5, 5.41) is 13.9. The van der Waals surface area contributed by atoms with E-state index in [-0.39, 0.29) is 51.5 Å². The van der Waals surface area contributed by atoms with E-state index in [0.717, 1.165) is 10.6 Å². The molecule has 204 valence electrons. The number of piperidine rings is 1. The molecule has 4 rings (SSSR count). The van der Waals surface area contributed by atoms with Gasteiger partial charge in [0.05, 0.1) is 17.4 Å². The molecule has 4 heterocycles. The van der Waals surface area contributed by atoms with Crippen LogP contribution in [0.25, 0.3) is 0 Å². The van der Waals surface area contributed by atoms with Gasteiger partial charge < -0.3 is 14.7 Å². The van der Waals surface area contributed by atoms with Crippen molar-refractivity contribution in [1.29, 1.82) is 0 Å². The number of carbonyl (C=O) groups is 1. The monoisotopic (exact) mass is 526 g/mol. The molecule has 1 amide bonds. The van der Waals surface area contributed by atoms with Gasteiger partial charge in [0, 0.05) is 38.9 Å². The van der Waals surface area contributed by atoms with E-state index in [1.807, 2.05) is 6.92 Å². The standard InChI is InChI=1S/C23H32F6N4O3/c1-2-15-13-17(33(30-15)16-3-11-36-12-4-16)14-32-10-7-21(5-8-31(9-6-21)20(34)35)19(32)18(22(24,25)26)23(27,28)29/h13,16,18-19H,2-12,14H2,1H3,(H,34,35). The van der Waals surface area contributed by atoms with Crippen molar-refractivity contribution in [2.75, 3.05) is 32.8 Å². The van der Waals surface area contributed by atoms with Crippen LogP contribution < -0.4 is 0 Å². The smallest absolute Gasteiger partial charge is 0.407 e. The van der Waals surface area contributed by atoms with Gasteiger partial charge in [0.15, 0.2) is 5.92 Å². The lowest BCUT2D eigenvalue weighted by atomic mass is 9.68. The first-order valence-corrected chi connectivity index (χ1v) is 12.4. The van der Waals surface area contributed by atoms with Crippen molar-refractivity contribution in [2.24, 2.45) is 11.3 Å². The number of nitrogens with zero attached hydrogens (tertiary/aromatic N) is 4. The van der Waals surface area contributed by atoms with Crippen LogP contribution in [-0.2, 0) is 17.7 Å². The molecule has 1 atom stereocenters. The minimum Gasteiger partial charge on any atom is -0.465 e. The molecule has 3 aliphatic heterocycles. The number of alkyl halides is 6. The average Bonchev–Trinajstić information content (AvgIpc) is 3.36. The molecule has 3 saturated heterocycles. The molecule has 0 aromatic carbocycles. The summed E-state index contributed by atoms with van der Waals surface area (Å²) in [6, 6.07) is -0.0822. The number of ether oxygens (including phenoxy) is 1. The maximum atomic E-state index is 14.1. The Balaban J connectivity index is 1.70. The van der Waals surface area contributed by atoms with Gasteiger partial charge in [-0.1, -0.05) is 6.92 Å². The van der Waals surface area contributed by atoms with Crippen molar-refractivity contribution >= 4 is 6.09 Å². The third kappa shape index (κ3) is 5.32. The van der Waals surface area contributed by atoms with E-state index in [1.54, 1.807) is 10.7 Å². The highest BCUT2D eigenvalue weighted by Crippen LogP contribution is 2.55. The van der Waals surface area contributed by atoms with E-state index in [0.29, 0.717) is 38.2 Å². The highest BCUT2D eigenvalue weighted by molar-refractivity contribution is 5.65. The zero-order valence-electron chi connectivity index (χ0n) is 20.1. The molecular formula is C23H32F6N4O3. The van der Waals surface area contributed by atoms with E-state index < -0.39 is 35.8 Å². The molecule has 3 aliphatic rings. The predicted octanol–water partition coefficient (Wildman–Crippen LogP) is 4.87. The third-order valence-corrected chi connectivity index (χ3v) is 8.10. The number of rotatable bonds is 5. The van der Waals surface area contributed by atoms with E-state index in [2.05, 4.69) is 5.10 Å². The summed E-state index contributed by atoms with van der Waals surface area (Å²) in [7, 11) is 0. The predicted molar refractivity (Wildman–Crippen MR) is 116 cm³/mol. The van der Waals surface area contributed by atoms with Crippen molar-refractivity contribution < 1.29 is 41.0 Å². The van der Waals surface area contributed by atoms with Crippen molar-refractivity contribution in [3.05, 3.63) is 17.5 Å². The quantitative estimate of drug-likeness (QED) is 0.555. The zero-order valence-corrected chi connectivity index (χ0v) is 20.1. The first kappa shape index (κ1) is 27.0. The van der Waals surface area contributed by atoms with Crippen LogP contribution in [0.2, 0.25) is 0 Å². The number of carboxylic acid groups (broad SMARTS) is 1. The summed E-state index contributed by atoms with van der Waals surface area (Å²) in [4.78, 5) is 13.7. The molecule has 7 nitrogen and oxygen atoms in total. The second-order valence-corrected chi connectivity index (χ2v) is 10.1. The number of hydrogen-bond donors (Lipinski definition) is 1. The van der Waals surface area contributed by atoms with Crippen molar-refractivity contribution in [3.8, 4) is 0 Å². The number of hydrogen-bond acceptors (Lipinski definition) is 4. The Hall–Kier alpha value is -2.02. The van der Waals surface area contributed by atoms with E-state index in [4.69, 9.17) is 4.74 Å². The molecule has 13 heteroatoms. The van der Waals surface area contributed by atoms with Gasteiger partial charge in [0.25, 0.3) is 0 Å². The first-order chi connectivity index (χ1) is 16.9. The van der Waals surface area contributed by atoms with Crippen molar-refractivity contribution in [2.45, 2.75) is 76.4 Å². The fourth-order valence-electron chi connectivity index (χ4n) is 6.25. The molecule has 0 bridgehead atoms. The van der Waals surface area contributed by atoms with Gasteiger partial charge in [-0.15, -0.1) is 0 Å². The molecule has 0 saturated carbocycles. The Morgan fingerprint density at radius 1 is 1.11 bits per heavy atom. The number of amides is 1. The fourth-order valence-corrected chi connectivity index (χ4v) is 6.25. The Bertz CT molecular complexity index is 906. The maximum Gasteiger partial charge on any atom is 0.407 e. The van der Waals surface area contributed by atoms with Crippen LogP contribution in [0.4, 0.5) is 31.1 Å². The van der Waals surface area contributed by atoms with Gasteiger partial charge in [0.2, 0.25) is 0 Å². The SMILES string of the molecule is CCc1cc(CN2CCC3(CCN(C(=O)O)CC3)C2C(C(F)(F)F)C(F)(F)F)n(C2CCOCC2)n1. The fraction of sp³-hybridized carbons (Fsp3) is 0.826. The Kier molecular flexibility index (Phi) is 7.53. The van der Waals surface area contributed by atoms with Crippen LogP contribution in [-0.4, -0.2) is 82.0 Å². The molecular weight excluding hydrogens is 494 g/mol. The number of aromatic nitrogens is 2. The highest BCUT2D eigenvalue weighted by atomic mass is 19.4. The topological polar surface area (TPSA) is 70.8 Å². The van der Waals surface area contributed by atoms with E-state index in [1.165, 1.54) is 4.90 Å². The van der Waals surface area contributed by atoms with Gasteiger partial charge in [-0.25, -0.2) is 4.79 Å². The van der Waals surface area contributed by atoms with Crippen molar-refractivity contribution in [1.82, 2.24) is 19.6 Å². The average molecular weight is 527 g/mol. The molecule has 1 spiro atoms. The van der Waals surface area contributed by atoms with Crippen molar-refractivity contribution in [3.63, 3.8) is 0 Å². The van der Waals surface area contributed by atoms with Gasteiger partial charge in [-0.2, -0.15) is 31.4 Å². The van der Waals surface area contributed by atoms with Crippen LogP contribution in [0, 0.1) is 11.3 Å². The summed E-state index contributed by atoms with van der Waals surface area (Å²) in [5.74, 6) is -3.52. The third-order valence-electron chi connectivity index (χ3n) is 8.10. The lowest BCUT2D eigenvalue weighted by Gasteiger charge is -2.47. The lowest BCUT2D eigenvalue weighted by molar-refractivity contribution is -0.306. The number of likely N-dealkylation sites (tertiary alicyclic amines) is 2. The van der Waals surface area contributed by atoms with Gasteiger partial charge in [-0.3, -0.25) is 9.58 Å². The second-order valence-electron chi connectivity index (χ2n) is 10.1. The van der Waals surface area contributed by atoms with Crippen LogP contribution >= 0.6 is 0 Å². The van der Waals surface area contributed by atoms with Crippen LogP contribution in [0.5, 0.6) is 0 Å². The maximum absolute atomic E-state index is 14.1. The summed E-state index contributed by atoms with van der Waals surface area (Å²) < 4.78 is 91.6. The highest BCUT2D eigenvalue weighted by Gasteiger charge is 2.67. The number of halogens is 6. The first-order valence-electron chi connectivity index (χ1n) is 12.4. The van der Waals surface area contributed by atoms with Crippen LogP contribution in [0.15, 0.2) is 6.07 Å². The number of aryl methyl sites for hydroxylation is 1. The van der Waals surface area contributed by atoms with Gasteiger partial charge in [0.1, 0.15) is 0 Å². The normalized spacial score (nSPS) is 24.2. The molecule has 1 aromatic rings.